The summed E-state index contributed by atoms with van der Waals surface area (Å²) in [5.41, 5.74) is 1.39. The molecule has 1 fully saturated rings. The Balaban J connectivity index is 1.91. The van der Waals surface area contributed by atoms with E-state index in [2.05, 4.69) is 48.3 Å². The molecule has 0 amide bonds. The smallest absolute Gasteiger partial charge is 0.118 e. The molecule has 0 aliphatic carbocycles. The Labute approximate surface area is 129 Å². The van der Waals surface area contributed by atoms with E-state index in [1.54, 1.807) is 7.11 Å². The second kappa shape index (κ2) is 8.40. The fourth-order valence-corrected chi connectivity index (χ4v) is 3.21. The van der Waals surface area contributed by atoms with E-state index in [1.807, 2.05) is 0 Å². The summed E-state index contributed by atoms with van der Waals surface area (Å²) in [5.74, 6) is 0.937. The molecule has 3 heteroatoms. The number of nitrogens with one attached hydrogen (secondary N) is 1. The number of ether oxygens (including phenoxy) is 1. The summed E-state index contributed by atoms with van der Waals surface area (Å²) in [7, 11) is 1.72. The van der Waals surface area contributed by atoms with Crippen LogP contribution < -0.4 is 10.1 Å². The molecule has 1 aliphatic rings. The van der Waals surface area contributed by atoms with Crippen LogP contribution >= 0.6 is 0 Å². The van der Waals surface area contributed by atoms with Crippen LogP contribution in [0.1, 0.15) is 38.7 Å². The zero-order chi connectivity index (χ0) is 15.1. The monoisotopic (exact) mass is 290 g/mol. The van der Waals surface area contributed by atoms with Gasteiger partial charge in [-0.15, -0.1) is 0 Å². The molecule has 2 unspecified atom stereocenters. The van der Waals surface area contributed by atoms with E-state index >= 15 is 0 Å². The van der Waals surface area contributed by atoms with Crippen LogP contribution in [0.5, 0.6) is 5.75 Å². The van der Waals surface area contributed by atoms with Gasteiger partial charge in [0, 0.05) is 18.6 Å². The highest BCUT2D eigenvalue weighted by molar-refractivity contribution is 5.27. The van der Waals surface area contributed by atoms with E-state index in [4.69, 9.17) is 4.74 Å². The predicted molar refractivity (Wildman–Crippen MR) is 89.0 cm³/mol. The molecule has 1 aromatic rings. The van der Waals surface area contributed by atoms with E-state index in [0.29, 0.717) is 12.1 Å². The third kappa shape index (κ3) is 5.01. The van der Waals surface area contributed by atoms with E-state index < -0.39 is 0 Å². The minimum atomic E-state index is 0.584. The highest BCUT2D eigenvalue weighted by Gasteiger charge is 2.21. The first-order valence-electron chi connectivity index (χ1n) is 8.33. The zero-order valence-corrected chi connectivity index (χ0v) is 13.8. The molecule has 0 saturated carbocycles. The standard InChI is InChI=1S/C18H30N2O/c1-4-12-20(14-17-6-5-11-19-17)15(2)13-16-7-9-18(21-3)10-8-16/h7-10,15,17,19H,4-6,11-14H2,1-3H3. The van der Waals surface area contributed by atoms with Gasteiger partial charge in [-0.05, 0) is 63.4 Å². The van der Waals surface area contributed by atoms with Crippen molar-refractivity contribution in [1.82, 2.24) is 10.2 Å². The third-order valence-corrected chi connectivity index (χ3v) is 4.44. The topological polar surface area (TPSA) is 24.5 Å². The van der Waals surface area contributed by atoms with Crippen molar-refractivity contribution in [1.29, 1.82) is 0 Å². The fraction of sp³-hybridized carbons (Fsp3) is 0.667. The van der Waals surface area contributed by atoms with Gasteiger partial charge in [-0.25, -0.2) is 0 Å². The fourth-order valence-electron chi connectivity index (χ4n) is 3.21. The first-order chi connectivity index (χ1) is 10.2. The van der Waals surface area contributed by atoms with Crippen LogP contribution in [-0.4, -0.2) is 43.7 Å². The summed E-state index contributed by atoms with van der Waals surface area (Å²) >= 11 is 0. The van der Waals surface area contributed by atoms with Crippen LogP contribution in [0.15, 0.2) is 24.3 Å². The normalized spacial score (nSPS) is 19.9. The molecule has 1 N–H and O–H groups in total. The quantitative estimate of drug-likeness (QED) is 0.796. The molecule has 2 atom stereocenters. The largest absolute Gasteiger partial charge is 0.497 e. The van der Waals surface area contributed by atoms with Crippen LogP contribution in [-0.2, 0) is 6.42 Å². The van der Waals surface area contributed by atoms with Crippen LogP contribution in [0.4, 0.5) is 0 Å². The summed E-state index contributed by atoms with van der Waals surface area (Å²) in [6.45, 7) is 8.20. The molecule has 118 valence electrons. The molecule has 3 nitrogen and oxygen atoms in total. The van der Waals surface area contributed by atoms with Crippen LogP contribution in [0.3, 0.4) is 0 Å². The van der Waals surface area contributed by atoms with Crippen molar-refractivity contribution in [3.63, 3.8) is 0 Å². The first-order valence-corrected chi connectivity index (χ1v) is 8.33. The molecule has 1 heterocycles. The van der Waals surface area contributed by atoms with Crippen molar-refractivity contribution in [3.05, 3.63) is 29.8 Å². The van der Waals surface area contributed by atoms with Crippen molar-refractivity contribution < 1.29 is 4.74 Å². The lowest BCUT2D eigenvalue weighted by molar-refractivity contribution is 0.190. The lowest BCUT2D eigenvalue weighted by Gasteiger charge is -2.31. The molecule has 1 saturated heterocycles. The van der Waals surface area contributed by atoms with Gasteiger partial charge in [0.1, 0.15) is 5.75 Å². The lowest BCUT2D eigenvalue weighted by Crippen LogP contribution is -2.43. The molecule has 0 spiro atoms. The van der Waals surface area contributed by atoms with Crippen LogP contribution in [0.25, 0.3) is 0 Å². The molecule has 0 aromatic heterocycles. The SMILES string of the molecule is CCCN(CC1CCCN1)C(C)Cc1ccc(OC)cc1. The molecular weight excluding hydrogens is 260 g/mol. The maximum absolute atomic E-state index is 5.23. The molecule has 0 bridgehead atoms. The van der Waals surface area contributed by atoms with Gasteiger partial charge in [0.05, 0.1) is 7.11 Å². The number of rotatable bonds is 8. The van der Waals surface area contributed by atoms with E-state index in [9.17, 15) is 0 Å². The minimum absolute atomic E-state index is 0.584. The van der Waals surface area contributed by atoms with Gasteiger partial charge in [0.15, 0.2) is 0 Å². The summed E-state index contributed by atoms with van der Waals surface area (Å²) in [6, 6.07) is 9.77. The molecule has 1 aromatic carbocycles. The van der Waals surface area contributed by atoms with Gasteiger partial charge in [0.25, 0.3) is 0 Å². The molecule has 2 rings (SSSR count). The Morgan fingerprint density at radius 2 is 2.10 bits per heavy atom. The van der Waals surface area contributed by atoms with Gasteiger partial charge < -0.3 is 10.1 Å². The van der Waals surface area contributed by atoms with Crippen molar-refractivity contribution in [3.8, 4) is 5.75 Å². The van der Waals surface area contributed by atoms with E-state index in [-0.39, 0.29) is 0 Å². The summed E-state index contributed by atoms with van der Waals surface area (Å²) < 4.78 is 5.23. The van der Waals surface area contributed by atoms with Gasteiger partial charge >= 0.3 is 0 Å². The Bertz CT molecular complexity index is 398. The highest BCUT2D eigenvalue weighted by atomic mass is 16.5. The molecule has 0 radical (unpaired) electrons. The van der Waals surface area contributed by atoms with Crippen molar-refractivity contribution >= 4 is 0 Å². The maximum atomic E-state index is 5.23. The maximum Gasteiger partial charge on any atom is 0.118 e. The van der Waals surface area contributed by atoms with Gasteiger partial charge in [-0.2, -0.15) is 0 Å². The van der Waals surface area contributed by atoms with Crippen molar-refractivity contribution in [2.75, 3.05) is 26.7 Å². The second-order valence-electron chi connectivity index (χ2n) is 6.19. The minimum Gasteiger partial charge on any atom is -0.497 e. The second-order valence-corrected chi connectivity index (χ2v) is 6.19. The average molecular weight is 290 g/mol. The number of hydrogen-bond acceptors (Lipinski definition) is 3. The van der Waals surface area contributed by atoms with E-state index in [0.717, 1.165) is 12.2 Å². The van der Waals surface area contributed by atoms with Crippen LogP contribution in [0, 0.1) is 0 Å². The third-order valence-electron chi connectivity index (χ3n) is 4.44. The van der Waals surface area contributed by atoms with Crippen LogP contribution in [0.2, 0.25) is 0 Å². The Hall–Kier alpha value is -1.06. The number of benzene rings is 1. The lowest BCUT2D eigenvalue weighted by atomic mass is 10.0. The highest BCUT2D eigenvalue weighted by Crippen LogP contribution is 2.16. The summed E-state index contributed by atoms with van der Waals surface area (Å²) in [4.78, 5) is 2.65. The number of hydrogen-bond donors (Lipinski definition) is 1. The zero-order valence-electron chi connectivity index (χ0n) is 13.8. The summed E-state index contributed by atoms with van der Waals surface area (Å²) in [5, 5.41) is 3.62. The summed E-state index contributed by atoms with van der Waals surface area (Å²) in [6.07, 6.45) is 4.99. The van der Waals surface area contributed by atoms with Gasteiger partial charge in [-0.3, -0.25) is 4.90 Å². The van der Waals surface area contributed by atoms with Crippen molar-refractivity contribution in [2.24, 2.45) is 0 Å². The first kappa shape index (κ1) is 16.3. The van der Waals surface area contributed by atoms with E-state index in [1.165, 1.54) is 44.5 Å². The Kier molecular flexibility index (Phi) is 6.52. The van der Waals surface area contributed by atoms with Gasteiger partial charge in [-0.1, -0.05) is 19.1 Å². The average Bonchev–Trinajstić information content (AvgIpc) is 3.00. The number of nitrogens with zero attached hydrogens (tertiary/aromatic N) is 1. The predicted octanol–water partition coefficient (Wildman–Crippen LogP) is 3.09. The number of methoxy groups -OCH3 is 1. The van der Waals surface area contributed by atoms with Crippen molar-refractivity contribution in [2.45, 2.75) is 51.6 Å². The Morgan fingerprint density at radius 3 is 2.67 bits per heavy atom. The molecule has 21 heavy (non-hydrogen) atoms. The van der Waals surface area contributed by atoms with Gasteiger partial charge in [0.2, 0.25) is 0 Å². The molecule has 1 aliphatic heterocycles. The Morgan fingerprint density at radius 1 is 1.33 bits per heavy atom. The molecular formula is C18H30N2O.